The highest BCUT2D eigenvalue weighted by Crippen LogP contribution is 2.27. The molecule has 1 aromatic rings. The summed E-state index contributed by atoms with van der Waals surface area (Å²) in [5, 5.41) is 7.09. The number of nitrogens with one attached hydrogen (secondary N) is 1. The predicted molar refractivity (Wildman–Crippen MR) is 52.5 cm³/mol. The molecule has 5 nitrogen and oxygen atoms in total. The Morgan fingerprint density at radius 3 is 3.27 bits per heavy atom. The maximum Gasteiger partial charge on any atom is 0.259 e. The van der Waals surface area contributed by atoms with Gasteiger partial charge in [-0.15, -0.1) is 0 Å². The molecule has 80 valence electrons. The van der Waals surface area contributed by atoms with E-state index in [9.17, 15) is 4.79 Å². The smallest absolute Gasteiger partial charge is 0.259 e. The van der Waals surface area contributed by atoms with Crippen molar-refractivity contribution in [1.29, 1.82) is 0 Å². The van der Waals surface area contributed by atoms with E-state index < -0.39 is 0 Å². The van der Waals surface area contributed by atoms with Crippen molar-refractivity contribution in [2.75, 3.05) is 13.1 Å². The fourth-order valence-corrected chi connectivity index (χ4v) is 2.41. The summed E-state index contributed by atoms with van der Waals surface area (Å²) in [6.07, 6.45) is 2.49. The molecule has 3 rings (SSSR count). The zero-order valence-corrected chi connectivity index (χ0v) is 8.56. The number of carbonyl (C=O) groups excluding carboxylic acids is 1. The number of aryl methyl sites for hydroxylation is 1. The van der Waals surface area contributed by atoms with Gasteiger partial charge in [-0.1, -0.05) is 5.16 Å². The highest BCUT2D eigenvalue weighted by molar-refractivity contribution is 5.95. The van der Waals surface area contributed by atoms with Crippen molar-refractivity contribution in [3.05, 3.63) is 17.5 Å². The van der Waals surface area contributed by atoms with E-state index in [2.05, 4.69) is 10.5 Å². The molecule has 3 heterocycles. The summed E-state index contributed by atoms with van der Waals surface area (Å²) >= 11 is 0. The van der Waals surface area contributed by atoms with E-state index in [1.165, 1.54) is 6.26 Å². The van der Waals surface area contributed by atoms with Gasteiger partial charge in [0.15, 0.2) is 0 Å². The molecule has 2 aliphatic heterocycles. The standard InChI is InChI=1S/C10H13N3O2/c1-6-7(5-15-12-6)10(14)13-4-8-9(13)2-3-11-8/h5,8-9,11H,2-4H2,1H3. The van der Waals surface area contributed by atoms with Gasteiger partial charge in [0.1, 0.15) is 11.8 Å². The number of likely N-dealkylation sites (tertiary alicyclic amines) is 1. The summed E-state index contributed by atoms with van der Waals surface area (Å²) in [6.45, 7) is 3.62. The zero-order valence-electron chi connectivity index (χ0n) is 8.56. The first-order valence-electron chi connectivity index (χ1n) is 5.22. The molecule has 1 amide bonds. The lowest BCUT2D eigenvalue weighted by Crippen LogP contribution is -2.62. The molecule has 0 bridgehead atoms. The van der Waals surface area contributed by atoms with E-state index in [0.29, 0.717) is 23.3 Å². The third-order valence-electron chi connectivity index (χ3n) is 3.35. The average molecular weight is 207 g/mol. The van der Waals surface area contributed by atoms with Crippen LogP contribution in [0.25, 0.3) is 0 Å². The van der Waals surface area contributed by atoms with Gasteiger partial charge in [0, 0.05) is 12.6 Å². The quantitative estimate of drug-likeness (QED) is 0.713. The van der Waals surface area contributed by atoms with Gasteiger partial charge in [-0.25, -0.2) is 0 Å². The second kappa shape index (κ2) is 3.06. The number of hydrogen-bond donors (Lipinski definition) is 1. The maximum absolute atomic E-state index is 12.0. The van der Waals surface area contributed by atoms with Gasteiger partial charge >= 0.3 is 0 Å². The fraction of sp³-hybridized carbons (Fsp3) is 0.600. The highest BCUT2D eigenvalue weighted by Gasteiger charge is 2.45. The van der Waals surface area contributed by atoms with Crippen LogP contribution in [0.3, 0.4) is 0 Å². The van der Waals surface area contributed by atoms with Gasteiger partial charge in [-0.3, -0.25) is 4.79 Å². The fourth-order valence-electron chi connectivity index (χ4n) is 2.41. The Morgan fingerprint density at radius 1 is 1.73 bits per heavy atom. The Morgan fingerprint density at radius 2 is 2.60 bits per heavy atom. The molecule has 0 aromatic carbocycles. The van der Waals surface area contributed by atoms with Gasteiger partial charge < -0.3 is 14.7 Å². The topological polar surface area (TPSA) is 58.4 Å². The monoisotopic (exact) mass is 207 g/mol. The minimum absolute atomic E-state index is 0.0544. The lowest BCUT2D eigenvalue weighted by molar-refractivity contribution is 0.0410. The van der Waals surface area contributed by atoms with Gasteiger partial charge in [0.25, 0.3) is 5.91 Å². The summed E-state index contributed by atoms with van der Waals surface area (Å²) in [4.78, 5) is 14.0. The van der Waals surface area contributed by atoms with E-state index in [4.69, 9.17) is 4.52 Å². The van der Waals surface area contributed by atoms with Crippen LogP contribution in [-0.4, -0.2) is 41.1 Å². The predicted octanol–water partition coefficient (Wildman–Crippen LogP) is 0.169. The number of rotatable bonds is 1. The molecular formula is C10H13N3O2. The average Bonchev–Trinajstić information content (AvgIpc) is 2.74. The molecule has 15 heavy (non-hydrogen) atoms. The Hall–Kier alpha value is -1.36. The SMILES string of the molecule is Cc1nocc1C(=O)N1CC2NCCC21. The molecule has 1 N–H and O–H groups in total. The zero-order chi connectivity index (χ0) is 10.4. The second-order valence-corrected chi connectivity index (χ2v) is 4.19. The molecule has 1 aromatic heterocycles. The summed E-state index contributed by atoms with van der Waals surface area (Å²) in [5.74, 6) is 0.0544. The summed E-state index contributed by atoms with van der Waals surface area (Å²) in [5.41, 5.74) is 1.27. The Balaban J connectivity index is 1.79. The van der Waals surface area contributed by atoms with Crippen LogP contribution in [0.1, 0.15) is 22.5 Å². The number of amides is 1. The van der Waals surface area contributed by atoms with E-state index in [-0.39, 0.29) is 5.91 Å². The first-order valence-corrected chi connectivity index (χ1v) is 5.22. The summed E-state index contributed by atoms with van der Waals surface area (Å²) < 4.78 is 4.78. The van der Waals surface area contributed by atoms with Gasteiger partial charge in [-0.05, 0) is 19.9 Å². The first-order chi connectivity index (χ1) is 7.27. The van der Waals surface area contributed by atoms with E-state index in [0.717, 1.165) is 19.5 Å². The van der Waals surface area contributed by atoms with Crippen LogP contribution in [0.15, 0.2) is 10.8 Å². The van der Waals surface area contributed by atoms with E-state index in [1.54, 1.807) is 6.92 Å². The van der Waals surface area contributed by atoms with Crippen LogP contribution in [-0.2, 0) is 0 Å². The Bertz CT molecular complexity index is 401. The lowest BCUT2D eigenvalue weighted by Gasteiger charge is -2.43. The van der Waals surface area contributed by atoms with Crippen molar-refractivity contribution in [3.8, 4) is 0 Å². The molecule has 2 saturated heterocycles. The Labute approximate surface area is 87.4 Å². The van der Waals surface area contributed by atoms with E-state index >= 15 is 0 Å². The van der Waals surface area contributed by atoms with Gasteiger partial charge in [0.05, 0.1) is 11.7 Å². The second-order valence-electron chi connectivity index (χ2n) is 4.19. The molecule has 0 spiro atoms. The molecule has 2 atom stereocenters. The summed E-state index contributed by atoms with van der Waals surface area (Å²) in [7, 11) is 0. The Kier molecular flexibility index (Phi) is 1.82. The minimum Gasteiger partial charge on any atom is -0.364 e. The van der Waals surface area contributed by atoms with Crippen molar-refractivity contribution in [2.24, 2.45) is 0 Å². The largest absolute Gasteiger partial charge is 0.364 e. The van der Waals surface area contributed by atoms with Crippen LogP contribution in [0.4, 0.5) is 0 Å². The van der Waals surface area contributed by atoms with Crippen LogP contribution in [0.2, 0.25) is 0 Å². The van der Waals surface area contributed by atoms with Gasteiger partial charge in [-0.2, -0.15) is 0 Å². The maximum atomic E-state index is 12.0. The molecule has 2 aliphatic rings. The van der Waals surface area contributed by atoms with Crippen molar-refractivity contribution in [2.45, 2.75) is 25.4 Å². The van der Waals surface area contributed by atoms with Crippen molar-refractivity contribution < 1.29 is 9.32 Å². The number of aromatic nitrogens is 1. The molecule has 0 radical (unpaired) electrons. The molecule has 0 aliphatic carbocycles. The van der Waals surface area contributed by atoms with Crippen molar-refractivity contribution in [3.63, 3.8) is 0 Å². The minimum atomic E-state index is 0.0544. The van der Waals surface area contributed by atoms with Crippen LogP contribution in [0.5, 0.6) is 0 Å². The molecule has 0 saturated carbocycles. The third kappa shape index (κ3) is 1.19. The first kappa shape index (κ1) is 8.91. The van der Waals surface area contributed by atoms with Crippen LogP contribution >= 0.6 is 0 Å². The third-order valence-corrected chi connectivity index (χ3v) is 3.35. The van der Waals surface area contributed by atoms with Crippen LogP contribution in [0, 0.1) is 6.92 Å². The van der Waals surface area contributed by atoms with Gasteiger partial charge in [0.2, 0.25) is 0 Å². The molecule has 2 fully saturated rings. The highest BCUT2D eigenvalue weighted by atomic mass is 16.5. The van der Waals surface area contributed by atoms with Crippen LogP contribution < -0.4 is 5.32 Å². The van der Waals surface area contributed by atoms with Crippen molar-refractivity contribution in [1.82, 2.24) is 15.4 Å². The number of nitrogens with zero attached hydrogens (tertiary/aromatic N) is 2. The van der Waals surface area contributed by atoms with Crippen molar-refractivity contribution >= 4 is 5.91 Å². The normalized spacial score (nSPS) is 28.7. The summed E-state index contributed by atoms with van der Waals surface area (Å²) in [6, 6.07) is 0.890. The molecular weight excluding hydrogens is 194 g/mol. The lowest BCUT2D eigenvalue weighted by atomic mass is 9.96. The molecule has 2 unspecified atom stereocenters. The molecule has 5 heteroatoms. The van der Waals surface area contributed by atoms with E-state index in [1.807, 2.05) is 4.90 Å². The number of carbonyl (C=O) groups is 1. The number of hydrogen-bond acceptors (Lipinski definition) is 4. The number of fused-ring (bicyclic) bond motifs is 1.